The molecule has 1 aliphatic rings. The van der Waals surface area contributed by atoms with Gasteiger partial charge in [-0.15, -0.1) is 0 Å². The lowest BCUT2D eigenvalue weighted by atomic mass is 9.96. The van der Waals surface area contributed by atoms with Crippen molar-refractivity contribution < 1.29 is 4.74 Å². The molecule has 3 nitrogen and oxygen atoms in total. The summed E-state index contributed by atoms with van der Waals surface area (Å²) in [6, 6.07) is 1.70. The molecular formula is C17H34N2O. The van der Waals surface area contributed by atoms with Crippen molar-refractivity contribution in [2.24, 2.45) is 4.99 Å². The van der Waals surface area contributed by atoms with Crippen LogP contribution < -0.4 is 5.32 Å². The number of rotatable bonds is 5. The molecule has 118 valence electrons. The minimum absolute atomic E-state index is 0.189. The van der Waals surface area contributed by atoms with E-state index in [4.69, 9.17) is 9.73 Å². The zero-order valence-corrected chi connectivity index (χ0v) is 14.2. The Bertz CT molecular complexity index is 288. The molecular weight excluding hydrogens is 248 g/mol. The fourth-order valence-corrected chi connectivity index (χ4v) is 2.66. The van der Waals surface area contributed by atoms with Gasteiger partial charge < -0.3 is 10.1 Å². The van der Waals surface area contributed by atoms with Crippen LogP contribution in [0, 0.1) is 0 Å². The Morgan fingerprint density at radius 3 is 2.35 bits per heavy atom. The maximum absolute atomic E-state index is 6.06. The van der Waals surface area contributed by atoms with Gasteiger partial charge in [0.25, 0.3) is 6.02 Å². The maximum atomic E-state index is 6.06. The van der Waals surface area contributed by atoms with E-state index < -0.39 is 0 Å². The number of aliphatic imine (C=N–C) groups is 1. The smallest absolute Gasteiger partial charge is 0.285 e. The van der Waals surface area contributed by atoms with E-state index in [2.05, 4.69) is 39.9 Å². The summed E-state index contributed by atoms with van der Waals surface area (Å²) in [5, 5.41) is 3.56. The molecule has 1 N–H and O–H groups in total. The molecule has 0 aromatic rings. The van der Waals surface area contributed by atoms with Crippen molar-refractivity contribution in [3.8, 4) is 0 Å². The minimum Gasteiger partial charge on any atom is -0.460 e. The summed E-state index contributed by atoms with van der Waals surface area (Å²) >= 11 is 0. The standard InChI is InChI=1S/C17H34N2O/c1-6-11-14(7-2)18-16(20-17(3,4)5)19-15-12-9-8-10-13-15/h14-15H,6-13H2,1-5H3,(H,18,19). The summed E-state index contributed by atoms with van der Waals surface area (Å²) in [4.78, 5) is 4.85. The summed E-state index contributed by atoms with van der Waals surface area (Å²) < 4.78 is 6.06. The van der Waals surface area contributed by atoms with Crippen LogP contribution in [0.4, 0.5) is 0 Å². The van der Waals surface area contributed by atoms with Gasteiger partial charge in [0.1, 0.15) is 5.60 Å². The van der Waals surface area contributed by atoms with Crippen LogP contribution >= 0.6 is 0 Å². The molecule has 0 aromatic carbocycles. The van der Waals surface area contributed by atoms with Crippen LogP contribution in [0.25, 0.3) is 0 Å². The molecule has 20 heavy (non-hydrogen) atoms. The summed E-state index contributed by atoms with van der Waals surface area (Å²) in [6.45, 7) is 10.7. The van der Waals surface area contributed by atoms with Gasteiger partial charge in [-0.2, -0.15) is 0 Å². The van der Waals surface area contributed by atoms with Crippen molar-refractivity contribution in [1.29, 1.82) is 0 Å². The van der Waals surface area contributed by atoms with Crippen LogP contribution in [-0.2, 0) is 4.74 Å². The Kier molecular flexibility index (Phi) is 7.39. The molecule has 1 atom stereocenters. The zero-order valence-electron chi connectivity index (χ0n) is 14.2. The van der Waals surface area contributed by atoms with Crippen molar-refractivity contribution in [3.05, 3.63) is 0 Å². The van der Waals surface area contributed by atoms with Crippen LogP contribution in [0.1, 0.15) is 86.0 Å². The van der Waals surface area contributed by atoms with Crippen molar-refractivity contribution in [1.82, 2.24) is 5.32 Å². The third-order valence-corrected chi connectivity index (χ3v) is 3.73. The largest absolute Gasteiger partial charge is 0.460 e. The number of nitrogens with zero attached hydrogens (tertiary/aromatic N) is 1. The second kappa shape index (κ2) is 8.53. The van der Waals surface area contributed by atoms with E-state index in [0.717, 1.165) is 18.9 Å². The van der Waals surface area contributed by atoms with Crippen LogP contribution in [-0.4, -0.2) is 23.7 Å². The van der Waals surface area contributed by atoms with E-state index in [9.17, 15) is 0 Å². The normalized spacial score (nSPS) is 19.8. The van der Waals surface area contributed by atoms with Crippen LogP contribution in [0.15, 0.2) is 4.99 Å². The molecule has 0 aliphatic heterocycles. The Labute approximate surface area is 125 Å². The highest BCUT2D eigenvalue weighted by Gasteiger charge is 2.20. The van der Waals surface area contributed by atoms with Gasteiger partial charge in [-0.05, 0) is 46.5 Å². The van der Waals surface area contributed by atoms with E-state index in [0.29, 0.717) is 12.1 Å². The molecule has 1 aliphatic carbocycles. The molecule has 1 rings (SSSR count). The second-order valence-corrected chi connectivity index (χ2v) is 6.98. The van der Waals surface area contributed by atoms with Gasteiger partial charge in [0.15, 0.2) is 0 Å². The SMILES string of the molecule is CCCC(CC)/N=C(/NC1CCCCC1)OC(C)(C)C. The highest BCUT2D eigenvalue weighted by molar-refractivity contribution is 5.74. The Morgan fingerprint density at radius 2 is 1.85 bits per heavy atom. The Morgan fingerprint density at radius 1 is 1.20 bits per heavy atom. The molecule has 1 fully saturated rings. The van der Waals surface area contributed by atoms with E-state index in [1.54, 1.807) is 0 Å². The predicted molar refractivity (Wildman–Crippen MR) is 87.3 cm³/mol. The lowest BCUT2D eigenvalue weighted by Gasteiger charge is -2.29. The fourth-order valence-electron chi connectivity index (χ4n) is 2.66. The number of amidine groups is 1. The molecule has 0 amide bonds. The molecule has 0 radical (unpaired) electrons. The molecule has 0 saturated heterocycles. The summed E-state index contributed by atoms with van der Waals surface area (Å²) in [5.74, 6) is 0. The second-order valence-electron chi connectivity index (χ2n) is 6.98. The number of hydrogen-bond donors (Lipinski definition) is 1. The van der Waals surface area contributed by atoms with Crippen LogP contribution in [0.2, 0.25) is 0 Å². The Hall–Kier alpha value is -0.730. The zero-order chi connectivity index (χ0) is 15.0. The van der Waals surface area contributed by atoms with Crippen molar-refractivity contribution in [2.75, 3.05) is 0 Å². The first-order valence-electron chi connectivity index (χ1n) is 8.48. The van der Waals surface area contributed by atoms with Gasteiger partial charge in [0, 0.05) is 6.04 Å². The van der Waals surface area contributed by atoms with E-state index in [1.165, 1.54) is 38.5 Å². The quantitative estimate of drug-likeness (QED) is 0.588. The van der Waals surface area contributed by atoms with E-state index in [-0.39, 0.29) is 5.60 Å². The van der Waals surface area contributed by atoms with Gasteiger partial charge in [-0.3, -0.25) is 0 Å². The van der Waals surface area contributed by atoms with Gasteiger partial charge in [0.2, 0.25) is 0 Å². The molecule has 0 spiro atoms. The van der Waals surface area contributed by atoms with E-state index >= 15 is 0 Å². The first-order valence-corrected chi connectivity index (χ1v) is 8.48. The van der Waals surface area contributed by atoms with Gasteiger partial charge in [0.05, 0.1) is 6.04 Å². The summed E-state index contributed by atoms with van der Waals surface area (Å²) in [6.07, 6.45) is 9.91. The molecule has 3 heteroatoms. The number of hydrogen-bond acceptors (Lipinski definition) is 2. The number of ether oxygens (including phenoxy) is 1. The maximum Gasteiger partial charge on any atom is 0.285 e. The van der Waals surface area contributed by atoms with Crippen molar-refractivity contribution in [3.63, 3.8) is 0 Å². The third-order valence-electron chi connectivity index (χ3n) is 3.73. The molecule has 0 aromatic heterocycles. The topological polar surface area (TPSA) is 33.6 Å². The minimum atomic E-state index is -0.189. The van der Waals surface area contributed by atoms with Gasteiger partial charge in [-0.1, -0.05) is 39.5 Å². The molecule has 1 unspecified atom stereocenters. The molecule has 0 bridgehead atoms. The highest BCUT2D eigenvalue weighted by atomic mass is 16.5. The lowest BCUT2D eigenvalue weighted by Crippen LogP contribution is -2.41. The first kappa shape index (κ1) is 17.3. The fraction of sp³-hybridized carbons (Fsp3) is 0.941. The average Bonchev–Trinajstić information content (AvgIpc) is 2.37. The van der Waals surface area contributed by atoms with Crippen molar-refractivity contribution in [2.45, 2.75) is 104 Å². The predicted octanol–water partition coefficient (Wildman–Crippen LogP) is 4.66. The monoisotopic (exact) mass is 282 g/mol. The van der Waals surface area contributed by atoms with Crippen molar-refractivity contribution >= 4 is 6.02 Å². The summed E-state index contributed by atoms with van der Waals surface area (Å²) in [5.41, 5.74) is -0.189. The van der Waals surface area contributed by atoms with Crippen LogP contribution in [0.5, 0.6) is 0 Å². The molecule has 0 heterocycles. The highest BCUT2D eigenvalue weighted by Crippen LogP contribution is 2.19. The Balaban J connectivity index is 2.69. The third kappa shape index (κ3) is 7.16. The van der Waals surface area contributed by atoms with E-state index in [1.807, 2.05) is 0 Å². The van der Waals surface area contributed by atoms with Crippen LogP contribution in [0.3, 0.4) is 0 Å². The average molecular weight is 282 g/mol. The van der Waals surface area contributed by atoms with Gasteiger partial charge in [-0.25, -0.2) is 4.99 Å². The molecule has 1 saturated carbocycles. The lowest BCUT2D eigenvalue weighted by molar-refractivity contribution is 0.104. The number of nitrogens with one attached hydrogen (secondary N) is 1. The first-order chi connectivity index (χ1) is 9.44. The van der Waals surface area contributed by atoms with Gasteiger partial charge >= 0.3 is 0 Å². The summed E-state index contributed by atoms with van der Waals surface area (Å²) in [7, 11) is 0.